The van der Waals surface area contributed by atoms with Gasteiger partial charge in [0.15, 0.2) is 0 Å². The Hall–Kier alpha value is -1.57. The highest BCUT2D eigenvalue weighted by Crippen LogP contribution is 2.65. The van der Waals surface area contributed by atoms with Crippen LogP contribution in [0.2, 0.25) is 0 Å². The topological polar surface area (TPSA) is 76.4 Å². The molecule has 0 spiro atoms. The van der Waals surface area contributed by atoms with Crippen molar-refractivity contribution in [2.75, 3.05) is 0 Å². The van der Waals surface area contributed by atoms with Gasteiger partial charge < -0.3 is 9.47 Å². The highest BCUT2D eigenvalue weighted by molar-refractivity contribution is 5.82. The van der Waals surface area contributed by atoms with Crippen LogP contribution in [-0.2, 0) is 19.1 Å². The lowest BCUT2D eigenvalue weighted by atomic mass is 9.68. The summed E-state index contributed by atoms with van der Waals surface area (Å²) >= 11 is 0. The second kappa shape index (κ2) is 4.22. The first-order valence-corrected chi connectivity index (χ1v) is 7.59. The molecule has 2 saturated carbocycles. The quantitative estimate of drug-likeness (QED) is 0.744. The van der Waals surface area contributed by atoms with Gasteiger partial charge in [-0.2, -0.15) is 5.26 Å². The van der Waals surface area contributed by atoms with Crippen LogP contribution < -0.4 is 0 Å². The van der Waals surface area contributed by atoms with E-state index in [1.54, 1.807) is 0 Å². The van der Waals surface area contributed by atoms with Gasteiger partial charge in [-0.05, 0) is 33.6 Å². The SMILES string of the molecule is CCC(C)(C)C(=O)OC1C2CC3C1OC(=O)C3(C)C2C#N. The van der Waals surface area contributed by atoms with Crippen LogP contribution in [0.3, 0.4) is 0 Å². The van der Waals surface area contributed by atoms with Crippen molar-refractivity contribution in [3.63, 3.8) is 0 Å². The fourth-order valence-corrected chi connectivity index (χ4v) is 4.11. The van der Waals surface area contributed by atoms with E-state index in [0.29, 0.717) is 6.42 Å². The lowest BCUT2D eigenvalue weighted by Gasteiger charge is -2.34. The zero-order chi connectivity index (χ0) is 15.6. The van der Waals surface area contributed by atoms with E-state index in [9.17, 15) is 14.9 Å². The molecule has 3 aliphatic rings. The molecule has 1 saturated heterocycles. The van der Waals surface area contributed by atoms with E-state index in [4.69, 9.17) is 9.47 Å². The van der Waals surface area contributed by atoms with Crippen LogP contribution in [0.5, 0.6) is 0 Å². The fourth-order valence-electron chi connectivity index (χ4n) is 4.11. The molecule has 6 unspecified atom stereocenters. The predicted molar refractivity (Wildman–Crippen MR) is 72.6 cm³/mol. The summed E-state index contributed by atoms with van der Waals surface area (Å²) in [6, 6.07) is 2.26. The zero-order valence-corrected chi connectivity index (χ0v) is 12.9. The average molecular weight is 291 g/mol. The van der Waals surface area contributed by atoms with E-state index in [1.165, 1.54) is 0 Å². The Bertz CT molecular complexity index is 549. The van der Waals surface area contributed by atoms with Crippen molar-refractivity contribution in [2.45, 2.75) is 52.7 Å². The van der Waals surface area contributed by atoms with Crippen molar-refractivity contribution < 1.29 is 19.1 Å². The number of nitrogens with zero attached hydrogens (tertiary/aromatic N) is 1. The minimum atomic E-state index is -0.715. The normalized spacial score (nSPS) is 43.6. The molecule has 3 rings (SSSR count). The molecule has 1 heterocycles. The summed E-state index contributed by atoms with van der Waals surface area (Å²) in [7, 11) is 0. The highest BCUT2D eigenvalue weighted by Gasteiger charge is 2.74. The molecule has 6 atom stereocenters. The first-order chi connectivity index (χ1) is 9.77. The van der Waals surface area contributed by atoms with Crippen molar-refractivity contribution in [3.8, 4) is 6.07 Å². The summed E-state index contributed by atoms with van der Waals surface area (Å²) in [5, 5.41) is 9.45. The Morgan fingerprint density at radius 2 is 2.24 bits per heavy atom. The van der Waals surface area contributed by atoms with E-state index in [2.05, 4.69) is 6.07 Å². The number of carbonyl (C=O) groups is 2. The summed E-state index contributed by atoms with van der Waals surface area (Å²) in [6.07, 6.45) is 0.581. The zero-order valence-electron chi connectivity index (χ0n) is 12.9. The maximum Gasteiger partial charge on any atom is 0.313 e. The lowest BCUT2D eigenvalue weighted by molar-refractivity contribution is -0.171. The minimum absolute atomic E-state index is 0.00203. The number of carbonyl (C=O) groups excluding carboxylic acids is 2. The first-order valence-electron chi connectivity index (χ1n) is 7.59. The van der Waals surface area contributed by atoms with Gasteiger partial charge in [0.25, 0.3) is 0 Å². The number of hydrogen-bond acceptors (Lipinski definition) is 5. The Morgan fingerprint density at radius 1 is 1.57 bits per heavy atom. The van der Waals surface area contributed by atoms with Gasteiger partial charge in [-0.3, -0.25) is 9.59 Å². The summed E-state index contributed by atoms with van der Waals surface area (Å²) in [5.74, 6) is -1.08. The second-order valence-corrected chi connectivity index (χ2v) is 7.37. The Balaban J connectivity index is 1.87. The largest absolute Gasteiger partial charge is 0.458 e. The number of nitriles is 1. The molecular formula is C16H21NO4. The standard InChI is InChI=1S/C16H21NO4/c1-5-15(2,3)13(18)20-11-8-6-9-12(11)21-14(19)16(9,4)10(8)7-17/h8-12H,5-6H2,1-4H3. The molecule has 3 fully saturated rings. The Labute approximate surface area is 124 Å². The summed E-state index contributed by atoms with van der Waals surface area (Å²) in [6.45, 7) is 7.44. The summed E-state index contributed by atoms with van der Waals surface area (Å²) in [4.78, 5) is 24.5. The third-order valence-electron chi connectivity index (χ3n) is 6.01. The maximum absolute atomic E-state index is 12.3. The van der Waals surface area contributed by atoms with Crippen molar-refractivity contribution in [2.24, 2.45) is 28.6 Å². The molecule has 0 radical (unpaired) electrons. The van der Waals surface area contributed by atoms with E-state index < -0.39 is 22.9 Å². The fraction of sp³-hybridized carbons (Fsp3) is 0.812. The molecular weight excluding hydrogens is 270 g/mol. The summed E-state index contributed by atoms with van der Waals surface area (Å²) in [5.41, 5.74) is -1.27. The maximum atomic E-state index is 12.3. The van der Waals surface area contributed by atoms with Gasteiger partial charge >= 0.3 is 11.9 Å². The molecule has 0 aromatic carbocycles. The Kier molecular flexibility index (Phi) is 2.89. The third kappa shape index (κ3) is 1.62. The molecule has 21 heavy (non-hydrogen) atoms. The van der Waals surface area contributed by atoms with Crippen LogP contribution in [-0.4, -0.2) is 24.1 Å². The predicted octanol–water partition coefficient (Wildman–Crippen LogP) is 2.06. The average Bonchev–Trinajstić information content (AvgIpc) is 2.98. The smallest absolute Gasteiger partial charge is 0.313 e. The van der Waals surface area contributed by atoms with E-state index in [1.807, 2.05) is 27.7 Å². The summed E-state index contributed by atoms with van der Waals surface area (Å²) < 4.78 is 11.2. The van der Waals surface area contributed by atoms with Gasteiger partial charge in [0.1, 0.15) is 12.2 Å². The number of esters is 2. The number of ether oxygens (including phenoxy) is 2. The van der Waals surface area contributed by atoms with Crippen LogP contribution in [0.1, 0.15) is 40.5 Å². The van der Waals surface area contributed by atoms with Gasteiger partial charge in [0.05, 0.1) is 22.8 Å². The molecule has 0 aromatic heterocycles. The third-order valence-corrected chi connectivity index (χ3v) is 6.01. The number of fused-ring (bicyclic) bond motifs is 1. The van der Waals surface area contributed by atoms with Crippen molar-refractivity contribution >= 4 is 11.9 Å². The monoisotopic (exact) mass is 291 g/mol. The van der Waals surface area contributed by atoms with Gasteiger partial charge in [-0.15, -0.1) is 0 Å². The van der Waals surface area contributed by atoms with Crippen molar-refractivity contribution in [1.29, 1.82) is 5.26 Å². The van der Waals surface area contributed by atoms with Crippen LogP contribution >= 0.6 is 0 Å². The lowest BCUT2D eigenvalue weighted by Crippen LogP contribution is -2.46. The molecule has 2 bridgehead atoms. The van der Waals surface area contributed by atoms with Crippen LogP contribution in [0.4, 0.5) is 0 Å². The van der Waals surface area contributed by atoms with Crippen LogP contribution in [0, 0.1) is 39.9 Å². The molecule has 1 aliphatic heterocycles. The van der Waals surface area contributed by atoms with Gasteiger partial charge in [-0.1, -0.05) is 6.92 Å². The second-order valence-electron chi connectivity index (χ2n) is 7.37. The first kappa shape index (κ1) is 14.4. The van der Waals surface area contributed by atoms with Crippen LogP contribution in [0.15, 0.2) is 0 Å². The molecule has 5 nitrogen and oxygen atoms in total. The van der Waals surface area contributed by atoms with E-state index in [0.717, 1.165) is 6.42 Å². The molecule has 2 aliphatic carbocycles. The minimum Gasteiger partial charge on any atom is -0.458 e. The van der Waals surface area contributed by atoms with Crippen LogP contribution in [0.25, 0.3) is 0 Å². The molecule has 0 N–H and O–H groups in total. The number of rotatable bonds is 3. The van der Waals surface area contributed by atoms with Gasteiger partial charge in [-0.25, -0.2) is 0 Å². The molecule has 5 heteroatoms. The van der Waals surface area contributed by atoms with Crippen molar-refractivity contribution in [1.82, 2.24) is 0 Å². The van der Waals surface area contributed by atoms with Gasteiger partial charge in [0.2, 0.25) is 0 Å². The molecule has 0 aromatic rings. The van der Waals surface area contributed by atoms with Gasteiger partial charge in [0, 0.05) is 11.8 Å². The Morgan fingerprint density at radius 3 is 2.81 bits per heavy atom. The molecule has 0 amide bonds. The van der Waals surface area contributed by atoms with Crippen molar-refractivity contribution in [3.05, 3.63) is 0 Å². The number of hydrogen-bond donors (Lipinski definition) is 0. The van der Waals surface area contributed by atoms with E-state index >= 15 is 0 Å². The molecule has 114 valence electrons. The highest BCUT2D eigenvalue weighted by atomic mass is 16.6. The van der Waals surface area contributed by atoms with E-state index in [-0.39, 0.29) is 29.9 Å².